The van der Waals surface area contributed by atoms with Crippen molar-refractivity contribution in [1.82, 2.24) is 10.2 Å². The fourth-order valence-electron chi connectivity index (χ4n) is 3.21. The molecule has 1 spiro atoms. The van der Waals surface area contributed by atoms with Crippen LogP contribution in [0.15, 0.2) is 24.3 Å². The second-order valence-electron chi connectivity index (χ2n) is 6.07. The van der Waals surface area contributed by atoms with E-state index < -0.39 is 29.3 Å². The van der Waals surface area contributed by atoms with Gasteiger partial charge < -0.3 is 10.6 Å². The van der Waals surface area contributed by atoms with Crippen LogP contribution >= 0.6 is 0 Å². The molecule has 2 aliphatic rings. The summed E-state index contributed by atoms with van der Waals surface area (Å²) in [5.74, 6) is -1.23. The Balaban J connectivity index is 1.73. The number of carbonyl (C=O) groups is 3. The molecule has 7 heteroatoms. The van der Waals surface area contributed by atoms with Gasteiger partial charge in [-0.1, -0.05) is 12.8 Å². The molecule has 122 valence electrons. The van der Waals surface area contributed by atoms with Crippen LogP contribution in [-0.4, -0.2) is 34.3 Å². The predicted molar refractivity (Wildman–Crippen MR) is 81.1 cm³/mol. The van der Waals surface area contributed by atoms with Crippen LogP contribution in [0.5, 0.6) is 0 Å². The molecule has 1 atom stereocenters. The number of rotatable bonds is 3. The van der Waals surface area contributed by atoms with E-state index in [1.165, 1.54) is 31.2 Å². The molecule has 3 rings (SSSR count). The van der Waals surface area contributed by atoms with E-state index in [9.17, 15) is 18.8 Å². The molecule has 1 aliphatic carbocycles. The quantitative estimate of drug-likeness (QED) is 0.837. The van der Waals surface area contributed by atoms with Crippen LogP contribution in [0.4, 0.5) is 14.9 Å². The molecule has 1 saturated heterocycles. The highest BCUT2D eigenvalue weighted by Gasteiger charge is 2.54. The summed E-state index contributed by atoms with van der Waals surface area (Å²) in [4.78, 5) is 38.0. The topological polar surface area (TPSA) is 78.5 Å². The van der Waals surface area contributed by atoms with Gasteiger partial charge in [-0.2, -0.15) is 0 Å². The summed E-state index contributed by atoms with van der Waals surface area (Å²) in [6, 6.07) is 3.82. The molecule has 0 bridgehead atoms. The molecule has 1 aromatic carbocycles. The lowest BCUT2D eigenvalue weighted by Crippen LogP contribution is -2.48. The molecule has 4 amide bonds. The van der Waals surface area contributed by atoms with Crippen LogP contribution in [0.1, 0.15) is 32.6 Å². The van der Waals surface area contributed by atoms with E-state index in [1.807, 2.05) is 0 Å². The van der Waals surface area contributed by atoms with Gasteiger partial charge in [0.2, 0.25) is 5.91 Å². The monoisotopic (exact) mass is 319 g/mol. The zero-order valence-corrected chi connectivity index (χ0v) is 12.8. The van der Waals surface area contributed by atoms with Gasteiger partial charge in [0.15, 0.2) is 0 Å². The molecule has 6 nitrogen and oxygen atoms in total. The Labute approximate surface area is 133 Å². The number of carbonyl (C=O) groups excluding carboxylic acids is 3. The fourth-order valence-corrected chi connectivity index (χ4v) is 3.21. The molecule has 1 heterocycles. The van der Waals surface area contributed by atoms with Crippen molar-refractivity contribution in [2.24, 2.45) is 0 Å². The minimum Gasteiger partial charge on any atom is -0.324 e. The summed E-state index contributed by atoms with van der Waals surface area (Å²) >= 11 is 0. The van der Waals surface area contributed by atoms with E-state index in [0.29, 0.717) is 18.5 Å². The van der Waals surface area contributed by atoms with Crippen molar-refractivity contribution in [3.8, 4) is 0 Å². The van der Waals surface area contributed by atoms with E-state index in [2.05, 4.69) is 10.6 Å². The van der Waals surface area contributed by atoms with Crippen molar-refractivity contribution >= 4 is 23.5 Å². The third-order valence-corrected chi connectivity index (χ3v) is 4.53. The molecule has 2 N–H and O–H groups in total. The number of anilines is 1. The third kappa shape index (κ3) is 2.67. The highest BCUT2D eigenvalue weighted by Crippen LogP contribution is 2.35. The van der Waals surface area contributed by atoms with Crippen LogP contribution in [-0.2, 0) is 9.59 Å². The van der Waals surface area contributed by atoms with E-state index in [-0.39, 0.29) is 5.91 Å². The summed E-state index contributed by atoms with van der Waals surface area (Å²) in [6.07, 6.45) is 2.99. The van der Waals surface area contributed by atoms with Gasteiger partial charge in [0.1, 0.15) is 17.4 Å². The second kappa shape index (κ2) is 5.64. The minimum atomic E-state index is -0.937. The van der Waals surface area contributed by atoms with Gasteiger partial charge in [-0.25, -0.2) is 14.1 Å². The molecule has 0 unspecified atom stereocenters. The third-order valence-electron chi connectivity index (χ3n) is 4.53. The SMILES string of the molecule is C[C@H](C(=O)Nc1ccc(F)cc1)N1C(=O)NC2(CCCC2)C1=O. The van der Waals surface area contributed by atoms with Gasteiger partial charge in [0, 0.05) is 5.69 Å². The average molecular weight is 319 g/mol. The van der Waals surface area contributed by atoms with Gasteiger partial charge in [0.25, 0.3) is 5.91 Å². The summed E-state index contributed by atoms with van der Waals surface area (Å²) < 4.78 is 12.9. The van der Waals surface area contributed by atoms with Crippen molar-refractivity contribution in [3.05, 3.63) is 30.1 Å². The first kappa shape index (κ1) is 15.5. The molecule has 0 aromatic heterocycles. The number of hydrogen-bond acceptors (Lipinski definition) is 3. The number of benzene rings is 1. The Morgan fingerprint density at radius 3 is 2.48 bits per heavy atom. The summed E-state index contributed by atoms with van der Waals surface area (Å²) in [5.41, 5.74) is -0.424. The lowest BCUT2D eigenvalue weighted by atomic mass is 9.97. The molecule has 1 saturated carbocycles. The van der Waals surface area contributed by atoms with Crippen LogP contribution in [0.25, 0.3) is 0 Å². The Bertz CT molecular complexity index is 653. The zero-order valence-electron chi connectivity index (χ0n) is 12.8. The van der Waals surface area contributed by atoms with Gasteiger partial charge in [-0.15, -0.1) is 0 Å². The van der Waals surface area contributed by atoms with E-state index in [0.717, 1.165) is 17.7 Å². The average Bonchev–Trinajstić information content (AvgIpc) is 3.07. The molecular formula is C16H18FN3O3. The maximum absolute atomic E-state index is 12.9. The number of urea groups is 1. The van der Waals surface area contributed by atoms with Gasteiger partial charge >= 0.3 is 6.03 Å². The van der Waals surface area contributed by atoms with Crippen molar-refractivity contribution < 1.29 is 18.8 Å². The van der Waals surface area contributed by atoms with Gasteiger partial charge in [0.05, 0.1) is 0 Å². The maximum Gasteiger partial charge on any atom is 0.325 e. The van der Waals surface area contributed by atoms with Crippen LogP contribution in [0, 0.1) is 5.82 Å². The molecule has 23 heavy (non-hydrogen) atoms. The Kier molecular flexibility index (Phi) is 3.79. The second-order valence-corrected chi connectivity index (χ2v) is 6.07. The van der Waals surface area contributed by atoms with Crippen LogP contribution < -0.4 is 10.6 Å². The van der Waals surface area contributed by atoms with Crippen molar-refractivity contribution in [1.29, 1.82) is 0 Å². The largest absolute Gasteiger partial charge is 0.325 e. The summed E-state index contributed by atoms with van der Waals surface area (Å²) in [7, 11) is 0. The first-order valence-corrected chi connectivity index (χ1v) is 7.65. The van der Waals surface area contributed by atoms with Crippen LogP contribution in [0.3, 0.4) is 0 Å². The van der Waals surface area contributed by atoms with Crippen molar-refractivity contribution in [2.75, 3.05) is 5.32 Å². The highest BCUT2D eigenvalue weighted by molar-refractivity contribution is 6.11. The smallest absolute Gasteiger partial charge is 0.324 e. The lowest BCUT2D eigenvalue weighted by molar-refractivity contribution is -0.136. The number of halogens is 1. The van der Waals surface area contributed by atoms with Gasteiger partial charge in [-0.3, -0.25) is 9.59 Å². The molecular weight excluding hydrogens is 301 g/mol. The first-order valence-electron chi connectivity index (χ1n) is 7.65. The van der Waals surface area contributed by atoms with E-state index in [1.54, 1.807) is 0 Å². The lowest BCUT2D eigenvalue weighted by Gasteiger charge is -2.23. The standard InChI is InChI=1S/C16H18FN3O3/c1-10(13(21)18-12-6-4-11(17)5-7-12)20-14(22)16(19-15(20)23)8-2-3-9-16/h4-7,10H,2-3,8-9H2,1H3,(H,18,21)(H,19,23)/t10-/m1/s1. The fraction of sp³-hybridized carbons (Fsp3) is 0.438. The maximum atomic E-state index is 12.9. The number of hydrogen-bond donors (Lipinski definition) is 2. The molecule has 1 aromatic rings. The highest BCUT2D eigenvalue weighted by atomic mass is 19.1. The molecule has 1 aliphatic heterocycles. The predicted octanol–water partition coefficient (Wildman–Crippen LogP) is 2.02. The Hall–Kier alpha value is -2.44. The number of amides is 4. The Morgan fingerprint density at radius 2 is 1.87 bits per heavy atom. The number of imide groups is 1. The van der Waals surface area contributed by atoms with E-state index in [4.69, 9.17) is 0 Å². The summed E-state index contributed by atoms with van der Waals surface area (Å²) in [6.45, 7) is 1.50. The molecule has 0 radical (unpaired) electrons. The number of nitrogens with zero attached hydrogens (tertiary/aromatic N) is 1. The Morgan fingerprint density at radius 1 is 1.26 bits per heavy atom. The van der Waals surface area contributed by atoms with Crippen molar-refractivity contribution in [2.45, 2.75) is 44.2 Å². The summed E-state index contributed by atoms with van der Waals surface area (Å²) in [5, 5.41) is 5.33. The van der Waals surface area contributed by atoms with E-state index >= 15 is 0 Å². The van der Waals surface area contributed by atoms with Crippen molar-refractivity contribution in [3.63, 3.8) is 0 Å². The number of nitrogens with one attached hydrogen (secondary N) is 2. The first-order chi connectivity index (χ1) is 10.9. The van der Waals surface area contributed by atoms with Crippen LogP contribution in [0.2, 0.25) is 0 Å². The minimum absolute atomic E-state index is 0.332. The van der Waals surface area contributed by atoms with Gasteiger partial charge in [-0.05, 0) is 44.0 Å². The molecule has 2 fully saturated rings. The zero-order chi connectivity index (χ0) is 16.6. The normalized spacial score (nSPS) is 20.7.